The van der Waals surface area contributed by atoms with Gasteiger partial charge in [0.2, 0.25) is 12.1 Å². The maximum absolute atomic E-state index is 12.4. The second-order valence-corrected chi connectivity index (χ2v) is 6.27. The first-order valence-corrected chi connectivity index (χ1v) is 8.60. The Balaban J connectivity index is 2.26. The maximum atomic E-state index is 12.4. The van der Waals surface area contributed by atoms with Gasteiger partial charge in [-0.25, -0.2) is 4.98 Å². The van der Waals surface area contributed by atoms with Gasteiger partial charge in [-0.3, -0.25) is 14.5 Å². The summed E-state index contributed by atoms with van der Waals surface area (Å²) < 4.78 is 1.33. The van der Waals surface area contributed by atoms with E-state index in [0.717, 1.165) is 9.80 Å². The minimum absolute atomic E-state index is 0.0233. The fraction of sp³-hybridized carbons (Fsp3) is 0.250. The Morgan fingerprint density at radius 3 is 2.56 bits per heavy atom. The van der Waals surface area contributed by atoms with Crippen molar-refractivity contribution in [2.24, 2.45) is 4.99 Å². The van der Waals surface area contributed by atoms with E-state index in [0.29, 0.717) is 5.69 Å². The van der Waals surface area contributed by atoms with Gasteiger partial charge in [-0.05, 0) is 37.4 Å². The molecule has 0 fully saturated rings. The van der Waals surface area contributed by atoms with Crippen LogP contribution in [0.4, 0.5) is 0 Å². The Bertz CT molecular complexity index is 974. The van der Waals surface area contributed by atoms with Crippen LogP contribution in [-0.2, 0) is 4.79 Å². The molecule has 126 valence electrons. The Labute approximate surface area is 147 Å². The van der Waals surface area contributed by atoms with Crippen molar-refractivity contribution >= 4 is 23.6 Å². The first kappa shape index (κ1) is 16.9. The summed E-state index contributed by atoms with van der Waals surface area (Å²) in [5, 5.41) is 13.3. The van der Waals surface area contributed by atoms with Gasteiger partial charge < -0.3 is 0 Å². The van der Waals surface area contributed by atoms with Crippen LogP contribution in [0.5, 0.6) is 0 Å². The Kier molecular flexibility index (Phi) is 4.37. The number of carbonyl (C=O) groups excluding carboxylic acids is 2. The molecular weight excluding hydrogens is 340 g/mol. The zero-order valence-electron chi connectivity index (χ0n) is 13.8. The molecule has 0 aliphatic carbocycles. The van der Waals surface area contributed by atoms with Crippen LogP contribution in [0.25, 0.3) is 5.69 Å². The van der Waals surface area contributed by atoms with Crippen molar-refractivity contribution in [1.82, 2.24) is 19.7 Å². The van der Waals surface area contributed by atoms with Gasteiger partial charge in [0.25, 0.3) is 11.5 Å². The molecule has 1 unspecified atom stereocenters. The van der Waals surface area contributed by atoms with Gasteiger partial charge in [0.1, 0.15) is 0 Å². The molecule has 0 saturated carbocycles. The van der Waals surface area contributed by atoms with Gasteiger partial charge in [-0.1, -0.05) is 0 Å². The van der Waals surface area contributed by atoms with Gasteiger partial charge in [0, 0.05) is 11.9 Å². The lowest BCUT2D eigenvalue weighted by Gasteiger charge is -2.26. The smallest absolute Gasteiger partial charge is 0.280 e. The standard InChI is InChI=1S/C16H14N6O2S/c1-9-12-13(15(24)21(2)14(9)23)20-22(16(19-12)18-8-17)10-4-6-11(25-3)7-5-10/h4-7,9H,1-3H3. The number of nitrogens with zero attached hydrogens (tertiary/aromatic N) is 6. The molecule has 3 rings (SSSR count). The molecule has 2 aromatic rings. The van der Waals surface area contributed by atoms with Crippen LogP contribution in [-0.4, -0.2) is 44.8 Å². The van der Waals surface area contributed by atoms with Crippen molar-refractivity contribution in [3.63, 3.8) is 0 Å². The van der Waals surface area contributed by atoms with E-state index in [-0.39, 0.29) is 22.9 Å². The fourth-order valence-electron chi connectivity index (χ4n) is 2.54. The van der Waals surface area contributed by atoms with Crippen molar-refractivity contribution in [1.29, 1.82) is 5.26 Å². The lowest BCUT2D eigenvalue weighted by atomic mass is 9.99. The van der Waals surface area contributed by atoms with Crippen molar-refractivity contribution < 1.29 is 9.59 Å². The fourth-order valence-corrected chi connectivity index (χ4v) is 2.95. The average Bonchev–Trinajstić information content (AvgIpc) is 2.64. The molecule has 8 nitrogen and oxygen atoms in total. The highest BCUT2D eigenvalue weighted by molar-refractivity contribution is 7.98. The number of amides is 2. The van der Waals surface area contributed by atoms with Gasteiger partial charge in [-0.2, -0.15) is 15.0 Å². The molecule has 2 heterocycles. The molecule has 1 atom stereocenters. The summed E-state index contributed by atoms with van der Waals surface area (Å²) in [6, 6.07) is 7.39. The number of nitriles is 1. The van der Waals surface area contributed by atoms with Crippen molar-refractivity contribution in [3.05, 3.63) is 41.3 Å². The van der Waals surface area contributed by atoms with E-state index in [2.05, 4.69) is 15.1 Å². The predicted octanol–water partition coefficient (Wildman–Crippen LogP) is 1.09. The highest BCUT2D eigenvalue weighted by Crippen LogP contribution is 2.24. The summed E-state index contributed by atoms with van der Waals surface area (Å²) in [5.41, 5.74) is 0.955. The van der Waals surface area contributed by atoms with Crippen LogP contribution in [0, 0.1) is 11.5 Å². The molecule has 0 N–H and O–H groups in total. The van der Waals surface area contributed by atoms with E-state index < -0.39 is 11.8 Å². The van der Waals surface area contributed by atoms with E-state index in [1.54, 1.807) is 37.0 Å². The monoisotopic (exact) mass is 354 g/mol. The van der Waals surface area contributed by atoms with Gasteiger partial charge in [-0.15, -0.1) is 16.8 Å². The molecule has 0 bridgehead atoms. The SMILES string of the molecule is CSc1ccc(-n2nc3c(nc2=NC#N)C(C)C(=O)N(C)C3=O)cc1. The first-order chi connectivity index (χ1) is 12.0. The summed E-state index contributed by atoms with van der Waals surface area (Å²) in [7, 11) is 1.41. The zero-order valence-corrected chi connectivity index (χ0v) is 14.6. The first-order valence-electron chi connectivity index (χ1n) is 7.38. The number of rotatable bonds is 2. The molecule has 25 heavy (non-hydrogen) atoms. The van der Waals surface area contributed by atoms with Gasteiger partial charge in [0.05, 0.1) is 17.3 Å². The molecule has 1 aliphatic heterocycles. The quantitative estimate of drug-likeness (QED) is 0.454. The van der Waals surface area contributed by atoms with Crippen molar-refractivity contribution in [2.45, 2.75) is 17.7 Å². The molecule has 1 aromatic carbocycles. The van der Waals surface area contributed by atoms with E-state index >= 15 is 0 Å². The minimum atomic E-state index is -0.633. The van der Waals surface area contributed by atoms with Crippen LogP contribution < -0.4 is 5.62 Å². The zero-order chi connectivity index (χ0) is 18.1. The number of hydrogen-bond acceptors (Lipinski definition) is 7. The Morgan fingerprint density at radius 2 is 1.96 bits per heavy atom. The number of imide groups is 1. The lowest BCUT2D eigenvalue weighted by Crippen LogP contribution is -2.45. The topological polar surface area (TPSA) is 104 Å². The number of likely N-dealkylation sites (N-methyl/N-ethyl adjacent to an activating group) is 1. The summed E-state index contributed by atoms with van der Waals surface area (Å²) >= 11 is 1.59. The molecule has 9 heteroatoms. The lowest BCUT2D eigenvalue weighted by molar-refractivity contribution is -0.129. The Hall–Kier alpha value is -2.99. The summed E-state index contributed by atoms with van der Waals surface area (Å²) in [6.07, 6.45) is 3.65. The third-order valence-corrected chi connectivity index (χ3v) is 4.68. The van der Waals surface area contributed by atoms with E-state index in [1.165, 1.54) is 11.7 Å². The number of carbonyl (C=O) groups is 2. The van der Waals surface area contributed by atoms with Gasteiger partial charge in [0.15, 0.2) is 5.69 Å². The molecular formula is C16H14N6O2S. The van der Waals surface area contributed by atoms with Crippen LogP contribution in [0.1, 0.15) is 29.0 Å². The number of benzene rings is 1. The number of aromatic nitrogens is 3. The average molecular weight is 354 g/mol. The van der Waals surface area contributed by atoms with Crippen LogP contribution in [0.2, 0.25) is 0 Å². The summed E-state index contributed by atoms with van der Waals surface area (Å²) in [6.45, 7) is 1.65. The second-order valence-electron chi connectivity index (χ2n) is 5.39. The highest BCUT2D eigenvalue weighted by Gasteiger charge is 2.37. The number of fused-ring (bicyclic) bond motifs is 1. The third kappa shape index (κ3) is 2.81. The van der Waals surface area contributed by atoms with Crippen molar-refractivity contribution in [2.75, 3.05) is 13.3 Å². The molecule has 2 amide bonds. The Morgan fingerprint density at radius 1 is 1.28 bits per heavy atom. The number of hydrogen-bond donors (Lipinski definition) is 0. The molecule has 1 aromatic heterocycles. The van der Waals surface area contributed by atoms with Crippen LogP contribution in [0.3, 0.4) is 0 Å². The second kappa shape index (κ2) is 6.49. The highest BCUT2D eigenvalue weighted by atomic mass is 32.2. The molecule has 0 spiro atoms. The summed E-state index contributed by atoms with van der Waals surface area (Å²) in [5.74, 6) is -1.52. The maximum Gasteiger partial charge on any atom is 0.282 e. The van der Waals surface area contributed by atoms with E-state index in [4.69, 9.17) is 5.26 Å². The van der Waals surface area contributed by atoms with Gasteiger partial charge >= 0.3 is 0 Å². The normalized spacial score (nSPS) is 17.4. The van der Waals surface area contributed by atoms with E-state index in [9.17, 15) is 9.59 Å². The van der Waals surface area contributed by atoms with Crippen LogP contribution >= 0.6 is 11.8 Å². The van der Waals surface area contributed by atoms with E-state index in [1.807, 2.05) is 18.4 Å². The largest absolute Gasteiger partial charge is 0.282 e. The third-order valence-electron chi connectivity index (χ3n) is 3.94. The number of thioether (sulfide) groups is 1. The minimum Gasteiger partial charge on any atom is -0.280 e. The predicted molar refractivity (Wildman–Crippen MR) is 89.8 cm³/mol. The summed E-state index contributed by atoms with van der Waals surface area (Å²) in [4.78, 5) is 34.6. The van der Waals surface area contributed by atoms with Crippen LogP contribution in [0.15, 0.2) is 34.2 Å². The molecule has 1 aliphatic rings. The molecule has 0 radical (unpaired) electrons. The van der Waals surface area contributed by atoms with Crippen molar-refractivity contribution in [3.8, 4) is 11.9 Å². The molecule has 0 saturated heterocycles.